The molecule has 0 atom stereocenters. The Labute approximate surface area is 115 Å². The van der Waals surface area contributed by atoms with Gasteiger partial charge >= 0.3 is 5.97 Å². The van der Waals surface area contributed by atoms with E-state index in [-0.39, 0.29) is 12.5 Å². The molecular formula is C13H16N2O3S. The Bertz CT molecular complexity index is 612. The zero-order chi connectivity index (χ0) is 14.0. The van der Waals surface area contributed by atoms with Crippen molar-refractivity contribution in [1.29, 1.82) is 0 Å². The molecule has 0 unspecified atom stereocenters. The third kappa shape index (κ3) is 2.63. The van der Waals surface area contributed by atoms with Gasteiger partial charge in [-0.3, -0.25) is 4.79 Å². The van der Waals surface area contributed by atoms with Crippen LogP contribution in [0.1, 0.15) is 17.4 Å². The van der Waals surface area contributed by atoms with E-state index in [0.717, 1.165) is 10.2 Å². The first kappa shape index (κ1) is 13.6. The van der Waals surface area contributed by atoms with E-state index in [1.54, 1.807) is 31.7 Å². The van der Waals surface area contributed by atoms with Crippen molar-refractivity contribution in [3.8, 4) is 0 Å². The molecule has 5 nitrogen and oxygen atoms in total. The summed E-state index contributed by atoms with van der Waals surface area (Å²) in [5.74, 6) is -0.452. The van der Waals surface area contributed by atoms with E-state index in [1.807, 2.05) is 11.4 Å². The summed E-state index contributed by atoms with van der Waals surface area (Å²) < 4.78 is 7.73. The summed E-state index contributed by atoms with van der Waals surface area (Å²) in [5.41, 5.74) is 1.32. The molecule has 102 valence electrons. The second-order valence-electron chi connectivity index (χ2n) is 4.29. The standard InChI is InChI=1S/C13H16N2O3S/c1-4-18-13(17)10-7-11-9(5-6-19-11)15(10)8-12(16)14(2)3/h5-7H,4,8H2,1-3H3. The van der Waals surface area contributed by atoms with Gasteiger partial charge in [0.15, 0.2) is 0 Å². The molecule has 2 rings (SSSR count). The van der Waals surface area contributed by atoms with Crippen molar-refractivity contribution in [1.82, 2.24) is 9.47 Å². The fourth-order valence-corrected chi connectivity index (χ4v) is 2.62. The molecule has 0 fully saturated rings. The maximum atomic E-state index is 11.9. The van der Waals surface area contributed by atoms with Gasteiger partial charge in [0, 0.05) is 14.1 Å². The number of nitrogens with zero attached hydrogens (tertiary/aromatic N) is 2. The van der Waals surface area contributed by atoms with E-state index in [4.69, 9.17) is 4.74 Å². The first-order valence-corrected chi connectivity index (χ1v) is 6.86. The van der Waals surface area contributed by atoms with Crippen LogP contribution in [-0.4, -0.2) is 42.0 Å². The van der Waals surface area contributed by atoms with Gasteiger partial charge in [-0.2, -0.15) is 0 Å². The third-order valence-corrected chi connectivity index (χ3v) is 3.65. The maximum absolute atomic E-state index is 11.9. The summed E-state index contributed by atoms with van der Waals surface area (Å²) in [6, 6.07) is 3.69. The molecule has 0 aliphatic carbocycles. The molecular weight excluding hydrogens is 264 g/mol. The maximum Gasteiger partial charge on any atom is 0.355 e. The topological polar surface area (TPSA) is 51.5 Å². The Morgan fingerprint density at radius 2 is 2.16 bits per heavy atom. The van der Waals surface area contributed by atoms with Crippen LogP contribution in [0, 0.1) is 0 Å². The number of esters is 1. The lowest BCUT2D eigenvalue weighted by Crippen LogP contribution is -2.27. The van der Waals surface area contributed by atoms with Crippen LogP contribution in [0.5, 0.6) is 0 Å². The Balaban J connectivity index is 2.42. The summed E-state index contributed by atoms with van der Waals surface area (Å²) in [6.07, 6.45) is 0. The van der Waals surface area contributed by atoms with Crippen LogP contribution < -0.4 is 0 Å². The van der Waals surface area contributed by atoms with Gasteiger partial charge in [-0.25, -0.2) is 4.79 Å². The van der Waals surface area contributed by atoms with E-state index >= 15 is 0 Å². The molecule has 0 saturated carbocycles. The molecule has 1 amide bonds. The Morgan fingerprint density at radius 1 is 1.42 bits per heavy atom. The lowest BCUT2D eigenvalue weighted by atomic mass is 10.4. The van der Waals surface area contributed by atoms with Crippen molar-refractivity contribution in [2.45, 2.75) is 13.5 Å². The number of likely N-dealkylation sites (N-methyl/N-ethyl adjacent to an activating group) is 1. The smallest absolute Gasteiger partial charge is 0.355 e. The van der Waals surface area contributed by atoms with E-state index in [1.165, 1.54) is 16.2 Å². The SMILES string of the molecule is CCOC(=O)c1cc2sccc2n1CC(=O)N(C)C. The molecule has 2 heterocycles. The van der Waals surface area contributed by atoms with Crippen LogP contribution in [-0.2, 0) is 16.1 Å². The number of aromatic nitrogens is 1. The third-order valence-electron chi connectivity index (χ3n) is 2.80. The predicted octanol–water partition coefficient (Wildman–Crippen LogP) is 1.97. The van der Waals surface area contributed by atoms with Gasteiger partial charge in [0.05, 0.1) is 16.8 Å². The predicted molar refractivity (Wildman–Crippen MR) is 74.5 cm³/mol. The molecule has 0 spiro atoms. The number of carbonyl (C=O) groups excluding carboxylic acids is 2. The number of hydrogen-bond acceptors (Lipinski definition) is 4. The molecule has 6 heteroatoms. The van der Waals surface area contributed by atoms with Crippen molar-refractivity contribution in [3.05, 3.63) is 23.2 Å². The van der Waals surface area contributed by atoms with Gasteiger partial charge in [-0.05, 0) is 24.4 Å². The lowest BCUT2D eigenvalue weighted by molar-refractivity contribution is -0.129. The fourth-order valence-electron chi connectivity index (χ4n) is 1.80. The van der Waals surface area contributed by atoms with Crippen LogP contribution in [0.15, 0.2) is 17.5 Å². The van der Waals surface area contributed by atoms with Crippen LogP contribution in [0.25, 0.3) is 10.2 Å². The Morgan fingerprint density at radius 3 is 2.79 bits per heavy atom. The van der Waals surface area contributed by atoms with Crippen LogP contribution in [0.2, 0.25) is 0 Å². The zero-order valence-electron chi connectivity index (χ0n) is 11.2. The summed E-state index contributed by atoms with van der Waals surface area (Å²) in [4.78, 5) is 25.3. The van der Waals surface area contributed by atoms with E-state index in [2.05, 4.69) is 0 Å². The molecule has 2 aromatic rings. The molecule has 2 aromatic heterocycles. The number of rotatable bonds is 4. The fraction of sp³-hybridized carbons (Fsp3) is 0.385. The number of fused-ring (bicyclic) bond motifs is 1. The summed E-state index contributed by atoms with van der Waals surface area (Å²) in [6.45, 7) is 2.22. The quantitative estimate of drug-likeness (QED) is 0.805. The molecule has 0 bridgehead atoms. The first-order chi connectivity index (χ1) is 9.04. The highest BCUT2D eigenvalue weighted by Gasteiger charge is 2.19. The minimum absolute atomic E-state index is 0.0609. The largest absolute Gasteiger partial charge is 0.461 e. The number of thiophene rings is 1. The first-order valence-electron chi connectivity index (χ1n) is 5.98. The molecule has 0 aromatic carbocycles. The summed E-state index contributed by atoms with van der Waals surface area (Å²) in [5, 5.41) is 1.94. The molecule has 0 aliphatic rings. The number of amides is 1. The number of hydrogen-bond donors (Lipinski definition) is 0. The van der Waals surface area contributed by atoms with Crippen molar-refractivity contribution in [3.63, 3.8) is 0 Å². The normalized spacial score (nSPS) is 10.7. The van der Waals surface area contributed by atoms with Gasteiger partial charge in [0.25, 0.3) is 0 Å². The molecule has 0 N–H and O–H groups in total. The molecule has 19 heavy (non-hydrogen) atoms. The highest BCUT2D eigenvalue weighted by molar-refractivity contribution is 7.17. The zero-order valence-corrected chi connectivity index (χ0v) is 12.0. The van der Waals surface area contributed by atoms with Gasteiger partial charge in [0.2, 0.25) is 5.91 Å². The highest BCUT2D eigenvalue weighted by Crippen LogP contribution is 2.25. The molecule has 0 radical (unpaired) electrons. The number of carbonyl (C=O) groups is 2. The van der Waals surface area contributed by atoms with Gasteiger partial charge < -0.3 is 14.2 Å². The van der Waals surface area contributed by atoms with Crippen LogP contribution >= 0.6 is 11.3 Å². The minimum atomic E-state index is -0.391. The van der Waals surface area contributed by atoms with Crippen molar-refractivity contribution in [2.75, 3.05) is 20.7 Å². The van der Waals surface area contributed by atoms with Crippen LogP contribution in [0.4, 0.5) is 0 Å². The van der Waals surface area contributed by atoms with Gasteiger partial charge in [-0.15, -0.1) is 11.3 Å². The highest BCUT2D eigenvalue weighted by atomic mass is 32.1. The minimum Gasteiger partial charge on any atom is -0.461 e. The van der Waals surface area contributed by atoms with Crippen molar-refractivity contribution in [2.24, 2.45) is 0 Å². The molecule has 0 aliphatic heterocycles. The average molecular weight is 280 g/mol. The monoisotopic (exact) mass is 280 g/mol. The second kappa shape index (κ2) is 5.44. The molecule has 0 saturated heterocycles. The van der Waals surface area contributed by atoms with E-state index in [0.29, 0.717) is 12.3 Å². The van der Waals surface area contributed by atoms with Gasteiger partial charge in [-0.1, -0.05) is 0 Å². The summed E-state index contributed by atoms with van der Waals surface area (Å²) in [7, 11) is 3.39. The Kier molecular flexibility index (Phi) is 3.90. The second-order valence-corrected chi connectivity index (χ2v) is 5.24. The van der Waals surface area contributed by atoms with E-state index in [9.17, 15) is 9.59 Å². The number of ether oxygens (including phenoxy) is 1. The Hall–Kier alpha value is -1.82. The van der Waals surface area contributed by atoms with Crippen molar-refractivity contribution < 1.29 is 14.3 Å². The van der Waals surface area contributed by atoms with Gasteiger partial charge in [0.1, 0.15) is 12.2 Å². The van der Waals surface area contributed by atoms with Crippen molar-refractivity contribution >= 4 is 33.4 Å². The van der Waals surface area contributed by atoms with E-state index < -0.39 is 5.97 Å². The average Bonchev–Trinajstić information content (AvgIpc) is 2.91. The lowest BCUT2D eigenvalue weighted by Gasteiger charge is -2.13. The van der Waals surface area contributed by atoms with Crippen LogP contribution in [0.3, 0.4) is 0 Å². The summed E-state index contributed by atoms with van der Waals surface area (Å²) >= 11 is 1.54.